The number of esters is 1. The van der Waals surface area contributed by atoms with Gasteiger partial charge in [-0.15, -0.1) is 0 Å². The fourth-order valence-corrected chi connectivity index (χ4v) is 5.66. The number of hydrogen-bond acceptors (Lipinski definition) is 4. The van der Waals surface area contributed by atoms with Gasteiger partial charge >= 0.3 is 5.97 Å². The van der Waals surface area contributed by atoms with Gasteiger partial charge in [-0.05, 0) is 92.6 Å². The number of aromatic nitrogens is 2. The zero-order valence-electron chi connectivity index (χ0n) is 26.0. The summed E-state index contributed by atoms with van der Waals surface area (Å²) in [6, 6.07) is 41.2. The van der Waals surface area contributed by atoms with Crippen LogP contribution in [0.25, 0.3) is 33.9 Å². The van der Waals surface area contributed by atoms with Gasteiger partial charge in [-0.1, -0.05) is 66.7 Å². The molecular formula is C39H34N4O3. The van der Waals surface area contributed by atoms with Crippen LogP contribution in [0.1, 0.15) is 44.6 Å². The monoisotopic (exact) mass is 606 g/mol. The van der Waals surface area contributed by atoms with Gasteiger partial charge in [0, 0.05) is 33.9 Å². The Kier molecular flexibility index (Phi) is 8.74. The zero-order valence-corrected chi connectivity index (χ0v) is 26.0. The molecule has 7 nitrogen and oxygen atoms in total. The number of ether oxygens (including phenoxy) is 1. The number of amides is 1. The number of carbonyl (C=O) groups excluding carboxylic acids is 2. The molecule has 0 fully saturated rings. The molecule has 0 aliphatic carbocycles. The van der Waals surface area contributed by atoms with Crippen molar-refractivity contribution in [3.63, 3.8) is 0 Å². The van der Waals surface area contributed by atoms with Crippen LogP contribution in [-0.2, 0) is 4.74 Å². The molecule has 0 bridgehead atoms. The Morgan fingerprint density at radius 1 is 0.696 bits per heavy atom. The van der Waals surface area contributed by atoms with E-state index in [1.807, 2.05) is 92.7 Å². The molecule has 1 amide bonds. The van der Waals surface area contributed by atoms with Crippen molar-refractivity contribution in [3.05, 3.63) is 155 Å². The minimum absolute atomic E-state index is 0.306. The molecule has 2 aromatic heterocycles. The average Bonchev–Trinajstić information content (AvgIpc) is 3.64. The number of nitrogens with zero attached hydrogens (tertiary/aromatic N) is 3. The maximum atomic E-state index is 13.3. The van der Waals surface area contributed by atoms with Crippen molar-refractivity contribution < 1.29 is 14.3 Å². The summed E-state index contributed by atoms with van der Waals surface area (Å²) in [5, 5.41) is 4.43. The molecular weight excluding hydrogens is 572 g/mol. The molecule has 0 atom stereocenters. The van der Waals surface area contributed by atoms with Crippen LogP contribution in [0.15, 0.2) is 132 Å². The van der Waals surface area contributed by atoms with Crippen molar-refractivity contribution in [1.29, 1.82) is 0 Å². The molecule has 0 spiro atoms. The molecule has 7 heteroatoms. The molecule has 1 N–H and O–H groups in total. The summed E-state index contributed by atoms with van der Waals surface area (Å²) in [5.74, 6) is -0.667. The molecule has 0 aliphatic heterocycles. The van der Waals surface area contributed by atoms with Crippen LogP contribution in [0.5, 0.6) is 0 Å². The Hall–Kier alpha value is -5.95. The molecule has 6 rings (SSSR count). The molecule has 0 saturated carbocycles. The second-order valence-electron chi connectivity index (χ2n) is 10.9. The van der Waals surface area contributed by atoms with Crippen molar-refractivity contribution in [2.75, 3.05) is 6.61 Å². The van der Waals surface area contributed by atoms with Gasteiger partial charge in [-0.3, -0.25) is 4.79 Å². The van der Waals surface area contributed by atoms with Crippen LogP contribution < -0.4 is 5.43 Å². The van der Waals surface area contributed by atoms with E-state index in [1.165, 1.54) is 0 Å². The molecule has 46 heavy (non-hydrogen) atoms. The van der Waals surface area contributed by atoms with Gasteiger partial charge in [0.05, 0.1) is 29.8 Å². The highest BCUT2D eigenvalue weighted by Gasteiger charge is 2.19. The molecule has 6 aromatic rings. The van der Waals surface area contributed by atoms with E-state index in [-0.39, 0.29) is 11.9 Å². The summed E-state index contributed by atoms with van der Waals surface area (Å²) in [5.41, 5.74) is 12.3. The van der Waals surface area contributed by atoms with E-state index in [9.17, 15) is 9.59 Å². The number of carbonyl (C=O) groups is 2. The lowest BCUT2D eigenvalue weighted by atomic mass is 10.1. The third-order valence-corrected chi connectivity index (χ3v) is 7.79. The van der Waals surface area contributed by atoms with Gasteiger partial charge in [0.15, 0.2) is 0 Å². The first-order valence-corrected chi connectivity index (χ1v) is 15.2. The van der Waals surface area contributed by atoms with Gasteiger partial charge in [0.25, 0.3) is 5.91 Å². The van der Waals surface area contributed by atoms with E-state index in [1.54, 1.807) is 31.3 Å². The van der Waals surface area contributed by atoms with Crippen LogP contribution in [0, 0.1) is 13.8 Å². The first kappa shape index (κ1) is 30.1. The summed E-state index contributed by atoms with van der Waals surface area (Å²) < 4.78 is 9.45. The summed E-state index contributed by atoms with van der Waals surface area (Å²) in [7, 11) is 0. The minimum atomic E-state index is -0.360. The van der Waals surface area contributed by atoms with Crippen LogP contribution >= 0.6 is 0 Å². The van der Waals surface area contributed by atoms with Crippen molar-refractivity contribution in [2.45, 2.75) is 20.8 Å². The first-order valence-electron chi connectivity index (χ1n) is 15.2. The third kappa shape index (κ3) is 6.16. The lowest BCUT2D eigenvalue weighted by molar-refractivity contribution is 0.0526. The zero-order chi connectivity index (χ0) is 32.0. The fourth-order valence-electron chi connectivity index (χ4n) is 5.66. The lowest BCUT2D eigenvalue weighted by Gasteiger charge is -2.15. The second-order valence-corrected chi connectivity index (χ2v) is 10.9. The van der Waals surface area contributed by atoms with Crippen LogP contribution in [0.4, 0.5) is 0 Å². The number of aryl methyl sites for hydroxylation is 2. The van der Waals surface area contributed by atoms with E-state index in [4.69, 9.17) is 4.74 Å². The number of benzene rings is 4. The SMILES string of the molecule is CCOC(=O)c1ccc(-n2c(-c3ccccc3)cc(/C=N\NC(=O)c3cccc(-n4c(C)ccc4C)c3)c2-c2ccccc2)cc1. The highest BCUT2D eigenvalue weighted by Crippen LogP contribution is 2.35. The Morgan fingerprint density at radius 3 is 2.00 bits per heavy atom. The minimum Gasteiger partial charge on any atom is -0.462 e. The normalized spacial score (nSPS) is 11.1. The van der Waals surface area contributed by atoms with Gasteiger partial charge in [-0.2, -0.15) is 5.10 Å². The number of rotatable bonds is 9. The van der Waals surface area contributed by atoms with E-state index in [2.05, 4.69) is 50.0 Å². The smallest absolute Gasteiger partial charge is 0.338 e. The quantitative estimate of drug-likeness (QED) is 0.102. The van der Waals surface area contributed by atoms with Crippen molar-refractivity contribution in [1.82, 2.24) is 14.6 Å². The summed E-state index contributed by atoms with van der Waals surface area (Å²) >= 11 is 0. The predicted molar refractivity (Wildman–Crippen MR) is 183 cm³/mol. The molecule has 0 saturated heterocycles. The number of nitrogens with one attached hydrogen (secondary N) is 1. The van der Waals surface area contributed by atoms with Crippen LogP contribution in [0.2, 0.25) is 0 Å². The van der Waals surface area contributed by atoms with E-state index >= 15 is 0 Å². The highest BCUT2D eigenvalue weighted by molar-refractivity contribution is 5.97. The van der Waals surface area contributed by atoms with Gasteiger partial charge in [0.2, 0.25) is 0 Å². The maximum absolute atomic E-state index is 13.3. The van der Waals surface area contributed by atoms with Gasteiger partial charge in [-0.25, -0.2) is 10.2 Å². The lowest BCUT2D eigenvalue weighted by Crippen LogP contribution is -2.18. The third-order valence-electron chi connectivity index (χ3n) is 7.79. The standard InChI is InChI=1S/C39H34N4O3/c1-4-46-39(45)31-20-22-34(23-21-31)43-36(29-12-7-5-8-13-29)25-33(37(43)30-14-9-6-10-15-30)26-40-41-38(44)32-16-11-17-35(24-32)42-27(2)18-19-28(42)3/h5-26H,4H2,1-3H3,(H,41,44)/b40-26-. The van der Waals surface area contributed by atoms with E-state index in [0.717, 1.165) is 50.8 Å². The van der Waals surface area contributed by atoms with Gasteiger partial charge < -0.3 is 13.9 Å². The Balaban J connectivity index is 1.39. The van der Waals surface area contributed by atoms with Crippen LogP contribution in [0.3, 0.4) is 0 Å². The summed E-state index contributed by atoms with van der Waals surface area (Å²) in [6.45, 7) is 6.18. The summed E-state index contributed by atoms with van der Waals surface area (Å²) in [4.78, 5) is 25.6. The molecule has 0 unspecified atom stereocenters. The first-order chi connectivity index (χ1) is 22.4. The summed E-state index contributed by atoms with van der Waals surface area (Å²) in [6.07, 6.45) is 1.68. The Labute approximate surface area is 268 Å². The van der Waals surface area contributed by atoms with Crippen molar-refractivity contribution >= 4 is 18.1 Å². The van der Waals surface area contributed by atoms with E-state index < -0.39 is 0 Å². The molecule has 228 valence electrons. The van der Waals surface area contributed by atoms with Gasteiger partial charge in [0.1, 0.15) is 0 Å². The second kappa shape index (κ2) is 13.4. The number of hydrazone groups is 1. The fraction of sp³-hybridized carbons (Fsp3) is 0.103. The molecule has 0 radical (unpaired) electrons. The maximum Gasteiger partial charge on any atom is 0.338 e. The Morgan fingerprint density at radius 2 is 1.35 bits per heavy atom. The van der Waals surface area contributed by atoms with Crippen molar-refractivity contribution in [2.24, 2.45) is 5.10 Å². The average molecular weight is 607 g/mol. The Bertz CT molecular complexity index is 2000. The largest absolute Gasteiger partial charge is 0.462 e. The molecule has 2 heterocycles. The highest BCUT2D eigenvalue weighted by atomic mass is 16.5. The van der Waals surface area contributed by atoms with Crippen molar-refractivity contribution in [3.8, 4) is 33.9 Å². The molecule has 4 aromatic carbocycles. The number of hydrogen-bond donors (Lipinski definition) is 1. The van der Waals surface area contributed by atoms with Crippen LogP contribution in [-0.4, -0.2) is 33.8 Å². The topological polar surface area (TPSA) is 77.6 Å². The van der Waals surface area contributed by atoms with E-state index in [0.29, 0.717) is 17.7 Å². The molecule has 0 aliphatic rings. The predicted octanol–water partition coefficient (Wildman–Crippen LogP) is 8.16.